The Morgan fingerprint density at radius 1 is 1.08 bits per heavy atom. The predicted octanol–water partition coefficient (Wildman–Crippen LogP) is 4.00. The molecule has 26 heavy (non-hydrogen) atoms. The number of nitriles is 1. The average molecular weight is 340 g/mol. The maximum atomic E-state index is 9.28. The highest BCUT2D eigenvalue weighted by Crippen LogP contribution is 2.30. The molecule has 1 fully saturated rings. The van der Waals surface area contributed by atoms with Crippen LogP contribution in [0.5, 0.6) is 0 Å². The zero-order chi connectivity index (χ0) is 17.8. The van der Waals surface area contributed by atoms with Crippen LogP contribution in [0.2, 0.25) is 0 Å². The summed E-state index contributed by atoms with van der Waals surface area (Å²) in [6.07, 6.45) is 6.63. The van der Waals surface area contributed by atoms with Gasteiger partial charge in [0.1, 0.15) is 0 Å². The highest BCUT2D eigenvalue weighted by Gasteiger charge is 2.24. The van der Waals surface area contributed by atoms with Crippen LogP contribution < -0.4 is 0 Å². The lowest BCUT2D eigenvalue weighted by atomic mass is 9.97. The van der Waals surface area contributed by atoms with Crippen molar-refractivity contribution in [3.63, 3.8) is 0 Å². The summed E-state index contributed by atoms with van der Waals surface area (Å²) in [4.78, 5) is 11.0. The molecule has 128 valence electrons. The topological polar surface area (TPSA) is 52.8 Å². The first kappa shape index (κ1) is 16.4. The standard InChI is InChI=1S/C22H20N4/c23-14-19-3-1-2-4-20(19)15-26-12-8-21(16-26)18-7-11-25-22(13-18)17-5-9-24-10-6-17/h1-7,9-11,13,21H,8,12,15-16H2/t21-/m0/s1. The molecule has 1 aromatic carbocycles. The Labute approximate surface area is 153 Å². The van der Waals surface area contributed by atoms with Crippen molar-refractivity contribution in [1.29, 1.82) is 5.26 Å². The third-order valence-electron chi connectivity index (χ3n) is 5.04. The smallest absolute Gasteiger partial charge is 0.0995 e. The second-order valence-electron chi connectivity index (χ2n) is 6.70. The molecule has 0 spiro atoms. The number of aromatic nitrogens is 2. The lowest BCUT2D eigenvalue weighted by Gasteiger charge is -2.17. The van der Waals surface area contributed by atoms with Gasteiger partial charge in [0.05, 0.1) is 17.3 Å². The number of nitrogens with zero attached hydrogens (tertiary/aromatic N) is 4. The van der Waals surface area contributed by atoms with Crippen LogP contribution in [0.25, 0.3) is 11.3 Å². The SMILES string of the molecule is N#Cc1ccccc1CN1CC[C@H](c2ccnc(-c3ccncc3)c2)C1. The van der Waals surface area contributed by atoms with Gasteiger partial charge in [-0.05, 0) is 60.3 Å². The van der Waals surface area contributed by atoms with E-state index in [9.17, 15) is 5.26 Å². The molecule has 0 bridgehead atoms. The Bertz CT molecular complexity index is 930. The molecule has 1 aliphatic rings. The van der Waals surface area contributed by atoms with Crippen LogP contribution in [-0.4, -0.2) is 28.0 Å². The van der Waals surface area contributed by atoms with Crippen molar-refractivity contribution in [1.82, 2.24) is 14.9 Å². The third kappa shape index (κ3) is 3.49. The minimum absolute atomic E-state index is 0.507. The molecule has 0 aliphatic carbocycles. The molecule has 0 N–H and O–H groups in total. The molecule has 2 aromatic heterocycles. The summed E-state index contributed by atoms with van der Waals surface area (Å²) in [7, 11) is 0. The van der Waals surface area contributed by atoms with Gasteiger partial charge in [-0.25, -0.2) is 0 Å². The maximum Gasteiger partial charge on any atom is 0.0995 e. The van der Waals surface area contributed by atoms with Gasteiger partial charge in [0.25, 0.3) is 0 Å². The molecule has 1 saturated heterocycles. The summed E-state index contributed by atoms with van der Waals surface area (Å²) < 4.78 is 0. The minimum Gasteiger partial charge on any atom is -0.298 e. The molecule has 0 amide bonds. The molecule has 4 nitrogen and oxygen atoms in total. The van der Waals surface area contributed by atoms with Crippen molar-refractivity contribution in [3.05, 3.63) is 83.8 Å². The van der Waals surface area contributed by atoms with E-state index >= 15 is 0 Å². The fourth-order valence-corrected chi connectivity index (χ4v) is 3.64. The van der Waals surface area contributed by atoms with Crippen LogP contribution in [0.15, 0.2) is 67.1 Å². The summed E-state index contributed by atoms with van der Waals surface area (Å²) in [6, 6.07) is 18.5. The van der Waals surface area contributed by atoms with Crippen LogP contribution in [0.4, 0.5) is 0 Å². The van der Waals surface area contributed by atoms with Gasteiger partial charge >= 0.3 is 0 Å². The zero-order valence-corrected chi connectivity index (χ0v) is 14.5. The molecule has 1 atom stereocenters. The van der Waals surface area contributed by atoms with Crippen molar-refractivity contribution < 1.29 is 0 Å². The Morgan fingerprint density at radius 3 is 2.77 bits per heavy atom. The van der Waals surface area contributed by atoms with Gasteiger partial charge in [-0.3, -0.25) is 14.9 Å². The summed E-state index contributed by atoms with van der Waals surface area (Å²) in [5.74, 6) is 0.507. The van der Waals surface area contributed by atoms with Crippen LogP contribution in [-0.2, 0) is 6.54 Å². The van der Waals surface area contributed by atoms with E-state index in [0.29, 0.717) is 5.92 Å². The van der Waals surface area contributed by atoms with Crippen molar-refractivity contribution in [3.8, 4) is 17.3 Å². The fourth-order valence-electron chi connectivity index (χ4n) is 3.64. The monoisotopic (exact) mass is 340 g/mol. The second kappa shape index (κ2) is 7.47. The number of hydrogen-bond donors (Lipinski definition) is 0. The largest absolute Gasteiger partial charge is 0.298 e. The van der Waals surface area contributed by atoms with Gasteiger partial charge in [-0.2, -0.15) is 5.26 Å². The van der Waals surface area contributed by atoms with E-state index in [1.165, 1.54) is 5.56 Å². The average Bonchev–Trinajstić information content (AvgIpc) is 3.18. The molecule has 0 unspecified atom stereocenters. The number of benzene rings is 1. The van der Waals surface area contributed by atoms with E-state index in [1.54, 1.807) is 12.4 Å². The van der Waals surface area contributed by atoms with Crippen LogP contribution in [0.1, 0.15) is 29.0 Å². The highest BCUT2D eigenvalue weighted by atomic mass is 15.1. The molecule has 1 aliphatic heterocycles. The second-order valence-corrected chi connectivity index (χ2v) is 6.70. The Kier molecular flexibility index (Phi) is 4.72. The Balaban J connectivity index is 1.48. The minimum atomic E-state index is 0.507. The summed E-state index contributed by atoms with van der Waals surface area (Å²) in [5, 5.41) is 9.28. The predicted molar refractivity (Wildman–Crippen MR) is 101 cm³/mol. The number of rotatable bonds is 4. The van der Waals surface area contributed by atoms with E-state index < -0.39 is 0 Å². The first-order valence-electron chi connectivity index (χ1n) is 8.90. The van der Waals surface area contributed by atoms with Crippen molar-refractivity contribution in [2.45, 2.75) is 18.9 Å². The summed E-state index contributed by atoms with van der Waals surface area (Å²) in [5.41, 5.74) is 5.32. The van der Waals surface area contributed by atoms with Crippen molar-refractivity contribution >= 4 is 0 Å². The van der Waals surface area contributed by atoms with Crippen molar-refractivity contribution in [2.24, 2.45) is 0 Å². The lowest BCUT2D eigenvalue weighted by molar-refractivity contribution is 0.326. The Morgan fingerprint density at radius 2 is 1.92 bits per heavy atom. The maximum absolute atomic E-state index is 9.28. The van der Waals surface area contributed by atoms with Gasteiger partial charge in [0.2, 0.25) is 0 Å². The quantitative estimate of drug-likeness (QED) is 0.720. The third-order valence-corrected chi connectivity index (χ3v) is 5.04. The van der Waals surface area contributed by atoms with Crippen molar-refractivity contribution in [2.75, 3.05) is 13.1 Å². The molecule has 0 saturated carbocycles. The van der Waals surface area contributed by atoms with Gasteiger partial charge in [-0.15, -0.1) is 0 Å². The summed E-state index contributed by atoms with van der Waals surface area (Å²) >= 11 is 0. The van der Waals surface area contributed by atoms with E-state index in [2.05, 4.69) is 39.1 Å². The van der Waals surface area contributed by atoms with E-state index in [-0.39, 0.29) is 0 Å². The van der Waals surface area contributed by atoms with Crippen LogP contribution >= 0.6 is 0 Å². The van der Waals surface area contributed by atoms with Crippen LogP contribution in [0, 0.1) is 11.3 Å². The fraction of sp³-hybridized carbons (Fsp3) is 0.227. The summed E-state index contributed by atoms with van der Waals surface area (Å²) in [6.45, 7) is 2.90. The molecular weight excluding hydrogens is 320 g/mol. The first-order valence-corrected chi connectivity index (χ1v) is 8.90. The van der Waals surface area contributed by atoms with Gasteiger partial charge < -0.3 is 0 Å². The molecule has 0 radical (unpaired) electrons. The Hall–Kier alpha value is -3.03. The van der Waals surface area contributed by atoms with Gasteiger partial charge in [0, 0.05) is 37.2 Å². The molecular formula is C22H20N4. The number of likely N-dealkylation sites (tertiary alicyclic amines) is 1. The molecule has 3 heterocycles. The van der Waals surface area contributed by atoms with E-state index in [4.69, 9.17) is 0 Å². The van der Waals surface area contributed by atoms with Gasteiger partial charge in [0.15, 0.2) is 0 Å². The van der Waals surface area contributed by atoms with Crippen LogP contribution in [0.3, 0.4) is 0 Å². The molecule has 4 rings (SSSR count). The lowest BCUT2D eigenvalue weighted by Crippen LogP contribution is -2.20. The van der Waals surface area contributed by atoms with E-state index in [0.717, 1.165) is 48.4 Å². The van der Waals surface area contributed by atoms with Gasteiger partial charge in [-0.1, -0.05) is 18.2 Å². The van der Waals surface area contributed by atoms with E-state index in [1.807, 2.05) is 36.5 Å². The number of pyridine rings is 2. The number of hydrogen-bond acceptors (Lipinski definition) is 4. The highest BCUT2D eigenvalue weighted by molar-refractivity contribution is 5.59. The molecule has 4 heteroatoms. The molecule has 3 aromatic rings. The first-order chi connectivity index (χ1) is 12.8. The normalized spacial score (nSPS) is 17.1. The zero-order valence-electron chi connectivity index (χ0n) is 14.5.